The highest BCUT2D eigenvalue weighted by atomic mass is 35.5. The van der Waals surface area contributed by atoms with Gasteiger partial charge in [-0.05, 0) is 42.3 Å². The van der Waals surface area contributed by atoms with Crippen molar-refractivity contribution in [2.45, 2.75) is 5.92 Å². The summed E-state index contributed by atoms with van der Waals surface area (Å²) in [4.78, 5) is 3.99. The van der Waals surface area contributed by atoms with Gasteiger partial charge < -0.3 is 0 Å². The Morgan fingerprint density at radius 1 is 0.933 bits per heavy atom. The molecule has 0 saturated heterocycles. The fourth-order valence-electron chi connectivity index (χ4n) is 1.48. The minimum atomic E-state index is 0.130. The smallest absolute Gasteiger partial charge is 0.0406 e. The molecule has 0 amide bonds. The molecular weight excluding hydrogens is 206 g/mol. The van der Waals surface area contributed by atoms with Crippen LogP contribution in [0.25, 0.3) is 0 Å². The molecule has 0 aliphatic carbocycles. The second-order valence-corrected chi connectivity index (χ2v) is 3.82. The van der Waals surface area contributed by atoms with Gasteiger partial charge in [0.05, 0.1) is 0 Å². The van der Waals surface area contributed by atoms with Crippen LogP contribution in [0.4, 0.5) is 0 Å². The van der Waals surface area contributed by atoms with E-state index in [-0.39, 0.29) is 5.92 Å². The fraction of sp³-hybridized carbons (Fsp3) is 0.0769. The summed E-state index contributed by atoms with van der Waals surface area (Å²) >= 11 is 5.83. The molecule has 0 saturated carbocycles. The van der Waals surface area contributed by atoms with Crippen LogP contribution in [0.5, 0.6) is 0 Å². The predicted molar refractivity (Wildman–Crippen MR) is 62.9 cm³/mol. The van der Waals surface area contributed by atoms with Crippen molar-refractivity contribution in [2.24, 2.45) is 0 Å². The SMILES string of the molecule is [CH2]C(c1ccncc1)c1ccc(Cl)cc1. The summed E-state index contributed by atoms with van der Waals surface area (Å²) in [5.41, 5.74) is 2.32. The molecular formula is C13H11ClN. The highest BCUT2D eigenvalue weighted by molar-refractivity contribution is 6.30. The number of rotatable bonds is 2. The van der Waals surface area contributed by atoms with Crippen LogP contribution in [-0.2, 0) is 0 Å². The van der Waals surface area contributed by atoms with Gasteiger partial charge in [0.1, 0.15) is 0 Å². The normalized spacial score (nSPS) is 12.4. The van der Waals surface area contributed by atoms with E-state index in [0.717, 1.165) is 16.1 Å². The van der Waals surface area contributed by atoms with Crippen molar-refractivity contribution in [3.05, 3.63) is 71.9 Å². The molecule has 1 radical (unpaired) electrons. The van der Waals surface area contributed by atoms with Gasteiger partial charge in [0.25, 0.3) is 0 Å². The molecule has 0 bridgehead atoms. The Labute approximate surface area is 94.7 Å². The van der Waals surface area contributed by atoms with E-state index < -0.39 is 0 Å². The molecule has 1 heterocycles. The van der Waals surface area contributed by atoms with Crippen molar-refractivity contribution in [3.63, 3.8) is 0 Å². The molecule has 1 aromatic carbocycles. The molecule has 1 atom stereocenters. The maximum Gasteiger partial charge on any atom is 0.0406 e. The van der Waals surface area contributed by atoms with Crippen LogP contribution in [0.3, 0.4) is 0 Å². The molecule has 0 spiro atoms. The third-order valence-corrected chi connectivity index (χ3v) is 2.63. The molecule has 1 nitrogen and oxygen atoms in total. The predicted octanol–water partition coefficient (Wildman–Crippen LogP) is 3.70. The van der Waals surface area contributed by atoms with Crippen molar-refractivity contribution < 1.29 is 0 Å². The summed E-state index contributed by atoms with van der Waals surface area (Å²) in [5.74, 6) is 0.130. The van der Waals surface area contributed by atoms with Crippen molar-refractivity contribution in [2.75, 3.05) is 0 Å². The zero-order valence-corrected chi connectivity index (χ0v) is 8.98. The quantitative estimate of drug-likeness (QED) is 0.746. The summed E-state index contributed by atoms with van der Waals surface area (Å²) in [5, 5.41) is 0.751. The van der Waals surface area contributed by atoms with Crippen LogP contribution in [-0.4, -0.2) is 4.98 Å². The van der Waals surface area contributed by atoms with Gasteiger partial charge in [-0.3, -0.25) is 4.98 Å². The zero-order chi connectivity index (χ0) is 10.7. The third-order valence-electron chi connectivity index (χ3n) is 2.38. The number of benzene rings is 1. The second kappa shape index (κ2) is 4.45. The average molecular weight is 217 g/mol. The average Bonchev–Trinajstić information content (AvgIpc) is 2.30. The molecule has 0 N–H and O–H groups in total. The van der Waals surface area contributed by atoms with Crippen LogP contribution in [0.1, 0.15) is 17.0 Å². The molecule has 2 rings (SSSR count). The second-order valence-electron chi connectivity index (χ2n) is 3.38. The first-order chi connectivity index (χ1) is 7.27. The van der Waals surface area contributed by atoms with Crippen LogP contribution in [0, 0.1) is 6.92 Å². The van der Waals surface area contributed by atoms with Gasteiger partial charge in [0.15, 0.2) is 0 Å². The molecule has 15 heavy (non-hydrogen) atoms. The van der Waals surface area contributed by atoms with E-state index in [1.807, 2.05) is 36.4 Å². The van der Waals surface area contributed by atoms with E-state index in [1.165, 1.54) is 0 Å². The van der Waals surface area contributed by atoms with E-state index in [9.17, 15) is 0 Å². The van der Waals surface area contributed by atoms with Gasteiger partial charge in [-0.25, -0.2) is 0 Å². The van der Waals surface area contributed by atoms with E-state index in [1.54, 1.807) is 12.4 Å². The summed E-state index contributed by atoms with van der Waals surface area (Å²) in [7, 11) is 0. The first kappa shape index (κ1) is 10.2. The fourth-order valence-corrected chi connectivity index (χ4v) is 1.61. The number of halogens is 1. The first-order valence-corrected chi connectivity index (χ1v) is 5.13. The van der Waals surface area contributed by atoms with E-state index >= 15 is 0 Å². The number of aromatic nitrogens is 1. The molecule has 2 aromatic rings. The number of hydrogen-bond donors (Lipinski definition) is 0. The maximum atomic E-state index is 5.83. The third kappa shape index (κ3) is 2.37. The van der Waals surface area contributed by atoms with Gasteiger partial charge in [0, 0.05) is 23.3 Å². The highest BCUT2D eigenvalue weighted by Crippen LogP contribution is 2.24. The molecule has 1 unspecified atom stereocenters. The lowest BCUT2D eigenvalue weighted by molar-refractivity contribution is 1.01. The lowest BCUT2D eigenvalue weighted by Crippen LogP contribution is -1.95. The zero-order valence-electron chi connectivity index (χ0n) is 8.23. The van der Waals surface area contributed by atoms with E-state index in [4.69, 9.17) is 11.6 Å². The summed E-state index contributed by atoms with van der Waals surface area (Å²) in [6, 6.07) is 11.7. The Kier molecular flexibility index (Phi) is 3.02. The van der Waals surface area contributed by atoms with Gasteiger partial charge in [-0.1, -0.05) is 23.7 Å². The minimum Gasteiger partial charge on any atom is -0.265 e. The van der Waals surface area contributed by atoms with Crippen molar-refractivity contribution in [3.8, 4) is 0 Å². The van der Waals surface area contributed by atoms with E-state index in [2.05, 4.69) is 11.9 Å². The molecule has 2 heteroatoms. The van der Waals surface area contributed by atoms with Crippen molar-refractivity contribution in [1.29, 1.82) is 0 Å². The molecule has 75 valence electrons. The standard InChI is InChI=1S/C13H11ClN/c1-10(12-6-8-15-9-7-12)11-2-4-13(14)5-3-11/h2-10H,1H2. The number of nitrogens with zero attached hydrogens (tertiary/aromatic N) is 1. The topological polar surface area (TPSA) is 12.9 Å². The Balaban J connectivity index is 2.29. The minimum absolute atomic E-state index is 0.130. The van der Waals surface area contributed by atoms with Gasteiger partial charge in [0.2, 0.25) is 0 Å². The van der Waals surface area contributed by atoms with Crippen LogP contribution in [0.2, 0.25) is 5.02 Å². The van der Waals surface area contributed by atoms with Crippen LogP contribution < -0.4 is 0 Å². The van der Waals surface area contributed by atoms with Crippen molar-refractivity contribution >= 4 is 11.6 Å². The van der Waals surface area contributed by atoms with Gasteiger partial charge in [-0.2, -0.15) is 0 Å². The summed E-state index contributed by atoms with van der Waals surface area (Å²) < 4.78 is 0. The Morgan fingerprint density at radius 3 is 2.07 bits per heavy atom. The lowest BCUT2D eigenvalue weighted by atomic mass is 9.94. The molecule has 0 fully saturated rings. The maximum absolute atomic E-state index is 5.83. The molecule has 0 aliphatic rings. The summed E-state index contributed by atoms with van der Waals surface area (Å²) in [6.07, 6.45) is 3.56. The van der Waals surface area contributed by atoms with Gasteiger partial charge in [-0.15, -0.1) is 0 Å². The number of pyridine rings is 1. The summed E-state index contributed by atoms with van der Waals surface area (Å²) in [6.45, 7) is 4.14. The monoisotopic (exact) mass is 216 g/mol. The Morgan fingerprint density at radius 2 is 1.47 bits per heavy atom. The first-order valence-electron chi connectivity index (χ1n) is 4.76. The number of hydrogen-bond acceptors (Lipinski definition) is 1. The van der Waals surface area contributed by atoms with Crippen molar-refractivity contribution in [1.82, 2.24) is 4.98 Å². The van der Waals surface area contributed by atoms with Crippen LogP contribution in [0.15, 0.2) is 48.8 Å². The molecule has 0 aliphatic heterocycles. The van der Waals surface area contributed by atoms with E-state index in [0.29, 0.717) is 0 Å². The Hall–Kier alpha value is -1.34. The largest absolute Gasteiger partial charge is 0.265 e. The van der Waals surface area contributed by atoms with Crippen LogP contribution >= 0.6 is 11.6 Å². The highest BCUT2D eigenvalue weighted by Gasteiger charge is 2.07. The Bertz CT molecular complexity index is 422. The van der Waals surface area contributed by atoms with Gasteiger partial charge >= 0.3 is 0 Å². The lowest BCUT2D eigenvalue weighted by Gasteiger charge is -2.11. The molecule has 1 aromatic heterocycles.